The first-order chi connectivity index (χ1) is 6.24. The predicted molar refractivity (Wildman–Crippen MR) is 50.1 cm³/mol. The SMILES string of the molecule is C[C@@H](N)Cc1cn(CC2CC2)nn1. The zero-order chi connectivity index (χ0) is 9.26. The molecule has 0 saturated heterocycles. The van der Waals surface area contributed by atoms with E-state index < -0.39 is 0 Å². The number of hydrogen-bond acceptors (Lipinski definition) is 3. The first kappa shape index (κ1) is 8.69. The average molecular weight is 180 g/mol. The molecule has 1 aromatic heterocycles. The zero-order valence-corrected chi connectivity index (χ0v) is 7.98. The van der Waals surface area contributed by atoms with E-state index in [-0.39, 0.29) is 6.04 Å². The van der Waals surface area contributed by atoms with Gasteiger partial charge >= 0.3 is 0 Å². The lowest BCUT2D eigenvalue weighted by molar-refractivity contribution is 0.544. The van der Waals surface area contributed by atoms with Crippen molar-refractivity contribution in [3.63, 3.8) is 0 Å². The highest BCUT2D eigenvalue weighted by atomic mass is 15.4. The third kappa shape index (κ3) is 2.52. The zero-order valence-electron chi connectivity index (χ0n) is 7.98. The summed E-state index contributed by atoms with van der Waals surface area (Å²) < 4.78 is 1.94. The molecule has 0 bridgehead atoms. The molecule has 1 aliphatic carbocycles. The molecule has 0 amide bonds. The second kappa shape index (κ2) is 3.46. The van der Waals surface area contributed by atoms with Crippen molar-refractivity contribution in [1.29, 1.82) is 0 Å². The summed E-state index contributed by atoms with van der Waals surface area (Å²) in [6.45, 7) is 3.02. The van der Waals surface area contributed by atoms with Gasteiger partial charge in [0.25, 0.3) is 0 Å². The molecular weight excluding hydrogens is 164 g/mol. The molecule has 0 unspecified atom stereocenters. The molecule has 0 spiro atoms. The largest absolute Gasteiger partial charge is 0.328 e. The topological polar surface area (TPSA) is 56.7 Å². The molecule has 1 fully saturated rings. The summed E-state index contributed by atoms with van der Waals surface area (Å²) in [6.07, 6.45) is 5.54. The van der Waals surface area contributed by atoms with Crippen molar-refractivity contribution >= 4 is 0 Å². The molecule has 1 atom stereocenters. The summed E-state index contributed by atoms with van der Waals surface area (Å²) in [5, 5.41) is 8.13. The number of aromatic nitrogens is 3. The van der Waals surface area contributed by atoms with Crippen LogP contribution in [0.5, 0.6) is 0 Å². The minimum absolute atomic E-state index is 0.172. The van der Waals surface area contributed by atoms with Gasteiger partial charge in [-0.3, -0.25) is 4.68 Å². The first-order valence-corrected chi connectivity index (χ1v) is 4.88. The van der Waals surface area contributed by atoms with Crippen LogP contribution in [0.1, 0.15) is 25.5 Å². The van der Waals surface area contributed by atoms with Crippen LogP contribution in [-0.2, 0) is 13.0 Å². The van der Waals surface area contributed by atoms with E-state index in [1.165, 1.54) is 12.8 Å². The smallest absolute Gasteiger partial charge is 0.0842 e. The van der Waals surface area contributed by atoms with Crippen molar-refractivity contribution in [2.75, 3.05) is 0 Å². The van der Waals surface area contributed by atoms with E-state index in [2.05, 4.69) is 10.3 Å². The van der Waals surface area contributed by atoms with Gasteiger partial charge in [-0.15, -0.1) is 5.10 Å². The fraction of sp³-hybridized carbons (Fsp3) is 0.778. The Bertz CT molecular complexity index is 256. The quantitative estimate of drug-likeness (QED) is 0.737. The van der Waals surface area contributed by atoms with E-state index >= 15 is 0 Å². The Kier molecular flexibility index (Phi) is 2.31. The maximum absolute atomic E-state index is 5.67. The molecular formula is C9H16N4. The van der Waals surface area contributed by atoms with Crippen molar-refractivity contribution in [2.45, 2.75) is 38.8 Å². The van der Waals surface area contributed by atoms with Crippen LogP contribution in [0.3, 0.4) is 0 Å². The number of nitrogens with zero attached hydrogens (tertiary/aromatic N) is 3. The lowest BCUT2D eigenvalue weighted by atomic mass is 10.2. The van der Waals surface area contributed by atoms with E-state index in [4.69, 9.17) is 5.73 Å². The van der Waals surface area contributed by atoms with Crippen molar-refractivity contribution in [1.82, 2.24) is 15.0 Å². The van der Waals surface area contributed by atoms with E-state index in [0.717, 1.165) is 24.6 Å². The Hall–Kier alpha value is -0.900. The van der Waals surface area contributed by atoms with Crippen LogP contribution in [0.15, 0.2) is 6.20 Å². The number of hydrogen-bond donors (Lipinski definition) is 1. The van der Waals surface area contributed by atoms with Gasteiger partial charge in [-0.2, -0.15) is 0 Å². The fourth-order valence-electron chi connectivity index (χ4n) is 1.42. The Labute approximate surface area is 78.1 Å². The van der Waals surface area contributed by atoms with Crippen LogP contribution in [0, 0.1) is 5.92 Å². The lowest BCUT2D eigenvalue weighted by Gasteiger charge is -1.98. The van der Waals surface area contributed by atoms with Crippen molar-refractivity contribution in [2.24, 2.45) is 11.7 Å². The third-order valence-electron chi connectivity index (χ3n) is 2.26. The van der Waals surface area contributed by atoms with Gasteiger partial charge in [0.2, 0.25) is 0 Å². The molecule has 0 aromatic carbocycles. The van der Waals surface area contributed by atoms with Gasteiger partial charge in [0.05, 0.1) is 5.69 Å². The minimum atomic E-state index is 0.172. The summed E-state index contributed by atoms with van der Waals surface area (Å²) >= 11 is 0. The van der Waals surface area contributed by atoms with Crippen LogP contribution in [0.4, 0.5) is 0 Å². The molecule has 2 N–H and O–H groups in total. The van der Waals surface area contributed by atoms with E-state index in [1.807, 2.05) is 17.8 Å². The highest BCUT2D eigenvalue weighted by Crippen LogP contribution is 2.30. The normalized spacial score (nSPS) is 18.9. The van der Waals surface area contributed by atoms with Gasteiger partial charge in [0, 0.05) is 25.2 Å². The highest BCUT2D eigenvalue weighted by Gasteiger charge is 2.22. The van der Waals surface area contributed by atoms with Crippen LogP contribution in [-0.4, -0.2) is 21.0 Å². The highest BCUT2D eigenvalue weighted by molar-refractivity contribution is 4.95. The molecule has 13 heavy (non-hydrogen) atoms. The lowest BCUT2D eigenvalue weighted by Crippen LogP contribution is -2.17. The van der Waals surface area contributed by atoms with Gasteiger partial charge in [0.1, 0.15) is 0 Å². The summed E-state index contributed by atoms with van der Waals surface area (Å²) in [5.41, 5.74) is 6.68. The molecule has 4 nitrogen and oxygen atoms in total. The van der Waals surface area contributed by atoms with Crippen molar-refractivity contribution < 1.29 is 0 Å². The van der Waals surface area contributed by atoms with Gasteiger partial charge in [-0.25, -0.2) is 0 Å². The fourth-order valence-corrected chi connectivity index (χ4v) is 1.42. The van der Waals surface area contributed by atoms with Crippen molar-refractivity contribution in [3.05, 3.63) is 11.9 Å². The summed E-state index contributed by atoms with van der Waals surface area (Å²) in [4.78, 5) is 0. The number of nitrogens with two attached hydrogens (primary N) is 1. The number of rotatable bonds is 4. The second-order valence-corrected chi connectivity index (χ2v) is 4.06. The van der Waals surface area contributed by atoms with E-state index in [1.54, 1.807) is 0 Å². The first-order valence-electron chi connectivity index (χ1n) is 4.88. The maximum Gasteiger partial charge on any atom is 0.0842 e. The second-order valence-electron chi connectivity index (χ2n) is 4.06. The summed E-state index contributed by atoms with van der Waals surface area (Å²) in [6, 6.07) is 0.172. The Morgan fingerprint density at radius 2 is 2.46 bits per heavy atom. The van der Waals surface area contributed by atoms with E-state index in [9.17, 15) is 0 Å². The standard InChI is InChI=1S/C9H16N4/c1-7(10)4-9-6-13(12-11-9)5-8-2-3-8/h6-8H,2-5,10H2,1H3/t7-/m1/s1. The summed E-state index contributed by atoms with van der Waals surface area (Å²) in [5.74, 6) is 0.852. The van der Waals surface area contributed by atoms with Gasteiger partial charge in [-0.05, 0) is 25.7 Å². The molecule has 1 aromatic rings. The Balaban J connectivity index is 1.91. The molecule has 1 heterocycles. The van der Waals surface area contributed by atoms with Crippen molar-refractivity contribution in [3.8, 4) is 0 Å². The van der Waals surface area contributed by atoms with Gasteiger partial charge in [0.15, 0.2) is 0 Å². The van der Waals surface area contributed by atoms with Gasteiger partial charge < -0.3 is 5.73 Å². The van der Waals surface area contributed by atoms with Crippen LogP contribution in [0.25, 0.3) is 0 Å². The molecule has 0 radical (unpaired) electrons. The molecule has 1 saturated carbocycles. The Morgan fingerprint density at radius 3 is 3.08 bits per heavy atom. The van der Waals surface area contributed by atoms with Crippen LogP contribution in [0.2, 0.25) is 0 Å². The average Bonchev–Trinajstić information content (AvgIpc) is 2.73. The van der Waals surface area contributed by atoms with Gasteiger partial charge in [-0.1, -0.05) is 5.21 Å². The van der Waals surface area contributed by atoms with Crippen LogP contribution < -0.4 is 5.73 Å². The predicted octanol–water partition coefficient (Wildman–Crippen LogP) is 0.578. The van der Waals surface area contributed by atoms with Crippen LogP contribution >= 0.6 is 0 Å². The molecule has 4 heteroatoms. The monoisotopic (exact) mass is 180 g/mol. The third-order valence-corrected chi connectivity index (χ3v) is 2.26. The molecule has 1 aliphatic rings. The molecule has 2 rings (SSSR count). The Morgan fingerprint density at radius 1 is 1.69 bits per heavy atom. The summed E-state index contributed by atoms with van der Waals surface area (Å²) in [7, 11) is 0. The van der Waals surface area contributed by atoms with E-state index in [0.29, 0.717) is 0 Å². The molecule has 0 aliphatic heterocycles. The maximum atomic E-state index is 5.67. The minimum Gasteiger partial charge on any atom is -0.328 e. The molecule has 72 valence electrons.